The summed E-state index contributed by atoms with van der Waals surface area (Å²) < 4.78 is 5.12. The lowest BCUT2D eigenvalue weighted by Crippen LogP contribution is -2.50. The van der Waals surface area contributed by atoms with E-state index in [0.29, 0.717) is 50.5 Å². The van der Waals surface area contributed by atoms with Crippen LogP contribution in [0.5, 0.6) is 5.75 Å². The van der Waals surface area contributed by atoms with Crippen LogP contribution in [0.4, 0.5) is 5.69 Å². The van der Waals surface area contributed by atoms with E-state index in [9.17, 15) is 14.4 Å². The summed E-state index contributed by atoms with van der Waals surface area (Å²) in [6.45, 7) is 5.61. The highest BCUT2D eigenvalue weighted by atomic mass is 16.5. The van der Waals surface area contributed by atoms with Crippen LogP contribution in [0.2, 0.25) is 0 Å². The highest BCUT2D eigenvalue weighted by Gasteiger charge is 2.22. The molecule has 0 spiro atoms. The van der Waals surface area contributed by atoms with Gasteiger partial charge in [0.1, 0.15) is 5.75 Å². The predicted molar refractivity (Wildman–Crippen MR) is 118 cm³/mol. The summed E-state index contributed by atoms with van der Waals surface area (Å²) in [7, 11) is 1.59. The SMILES string of the molecule is COc1ccc(C(=O)N2CCN(CCNC(=O)C(=O)Nc3ccc(C)cc3)CC2)cc1. The standard InChI is InChI=1S/C23H28N4O4/c1-17-3-7-19(8-4-17)25-22(29)21(28)24-11-12-26-13-15-27(16-14-26)23(30)18-5-9-20(31-2)10-6-18/h3-10H,11-16H2,1-2H3,(H,24,28)(H,25,29). The van der Waals surface area contributed by atoms with Gasteiger partial charge in [0.2, 0.25) is 0 Å². The van der Waals surface area contributed by atoms with Crippen LogP contribution in [0.15, 0.2) is 48.5 Å². The first-order valence-corrected chi connectivity index (χ1v) is 10.3. The van der Waals surface area contributed by atoms with Crippen molar-refractivity contribution in [2.24, 2.45) is 0 Å². The van der Waals surface area contributed by atoms with E-state index in [-0.39, 0.29) is 5.91 Å². The second kappa shape index (κ2) is 10.6. The smallest absolute Gasteiger partial charge is 0.313 e. The molecule has 0 aliphatic carbocycles. The molecule has 31 heavy (non-hydrogen) atoms. The molecule has 0 unspecified atom stereocenters. The van der Waals surface area contributed by atoms with Crippen molar-refractivity contribution in [3.05, 3.63) is 59.7 Å². The van der Waals surface area contributed by atoms with Gasteiger partial charge in [0, 0.05) is 50.5 Å². The van der Waals surface area contributed by atoms with Crippen molar-refractivity contribution in [1.29, 1.82) is 0 Å². The Morgan fingerprint density at radius 3 is 2.16 bits per heavy atom. The largest absolute Gasteiger partial charge is 0.497 e. The van der Waals surface area contributed by atoms with E-state index < -0.39 is 11.8 Å². The number of anilines is 1. The fraction of sp³-hybridized carbons (Fsp3) is 0.348. The normalized spacial score (nSPS) is 14.1. The number of methoxy groups -OCH3 is 1. The summed E-state index contributed by atoms with van der Waals surface area (Å²) in [5.41, 5.74) is 2.30. The number of hydrogen-bond donors (Lipinski definition) is 2. The van der Waals surface area contributed by atoms with Gasteiger partial charge in [-0.3, -0.25) is 19.3 Å². The minimum atomic E-state index is -0.682. The molecule has 1 saturated heterocycles. The molecule has 3 rings (SSSR count). The van der Waals surface area contributed by atoms with Crippen molar-refractivity contribution in [3.8, 4) is 5.75 Å². The lowest BCUT2D eigenvalue weighted by molar-refractivity contribution is -0.136. The van der Waals surface area contributed by atoms with E-state index in [0.717, 1.165) is 11.3 Å². The number of rotatable bonds is 6. The molecule has 2 aromatic rings. The quantitative estimate of drug-likeness (QED) is 0.686. The number of carbonyl (C=O) groups excluding carboxylic acids is 3. The first-order valence-electron chi connectivity index (χ1n) is 10.3. The summed E-state index contributed by atoms with van der Waals surface area (Å²) in [5, 5.41) is 5.23. The highest BCUT2D eigenvalue weighted by molar-refractivity contribution is 6.39. The van der Waals surface area contributed by atoms with Crippen LogP contribution < -0.4 is 15.4 Å². The van der Waals surface area contributed by atoms with Crippen molar-refractivity contribution >= 4 is 23.4 Å². The Bertz CT molecular complexity index is 904. The molecule has 8 nitrogen and oxygen atoms in total. The van der Waals surface area contributed by atoms with Gasteiger partial charge >= 0.3 is 11.8 Å². The first kappa shape index (κ1) is 22.3. The van der Waals surface area contributed by atoms with E-state index >= 15 is 0 Å². The van der Waals surface area contributed by atoms with Crippen LogP contribution >= 0.6 is 0 Å². The average Bonchev–Trinajstić information content (AvgIpc) is 2.80. The minimum absolute atomic E-state index is 0.00313. The number of nitrogens with one attached hydrogen (secondary N) is 2. The third-order valence-electron chi connectivity index (χ3n) is 5.23. The number of amides is 3. The molecule has 164 valence electrons. The van der Waals surface area contributed by atoms with Gasteiger partial charge in [0.25, 0.3) is 5.91 Å². The molecule has 0 atom stereocenters. The Kier molecular flexibility index (Phi) is 7.61. The molecule has 8 heteroatoms. The monoisotopic (exact) mass is 424 g/mol. The van der Waals surface area contributed by atoms with Crippen molar-refractivity contribution in [3.63, 3.8) is 0 Å². The number of aryl methyl sites for hydroxylation is 1. The van der Waals surface area contributed by atoms with E-state index in [4.69, 9.17) is 4.74 Å². The fourth-order valence-corrected chi connectivity index (χ4v) is 3.32. The third kappa shape index (κ3) is 6.29. The first-order chi connectivity index (χ1) is 15.0. The minimum Gasteiger partial charge on any atom is -0.497 e. The van der Waals surface area contributed by atoms with Crippen LogP contribution in [0.25, 0.3) is 0 Å². The van der Waals surface area contributed by atoms with Crippen LogP contribution in [0, 0.1) is 6.92 Å². The highest BCUT2D eigenvalue weighted by Crippen LogP contribution is 2.14. The molecule has 2 aromatic carbocycles. The maximum atomic E-state index is 12.6. The zero-order chi connectivity index (χ0) is 22.2. The van der Waals surface area contributed by atoms with Crippen molar-refractivity contribution in [1.82, 2.24) is 15.1 Å². The van der Waals surface area contributed by atoms with Crippen molar-refractivity contribution in [2.45, 2.75) is 6.92 Å². The molecule has 2 N–H and O–H groups in total. The maximum Gasteiger partial charge on any atom is 0.313 e. The molecule has 0 radical (unpaired) electrons. The summed E-state index contributed by atoms with van der Waals surface area (Å²) >= 11 is 0. The average molecular weight is 425 g/mol. The van der Waals surface area contributed by atoms with Gasteiger partial charge in [-0.25, -0.2) is 0 Å². The number of ether oxygens (including phenoxy) is 1. The summed E-state index contributed by atoms with van der Waals surface area (Å²) in [6.07, 6.45) is 0. The molecule has 1 aliphatic rings. The van der Waals surface area contributed by atoms with Gasteiger partial charge in [0.15, 0.2) is 0 Å². The number of piperazine rings is 1. The summed E-state index contributed by atoms with van der Waals surface area (Å²) in [4.78, 5) is 40.6. The van der Waals surface area contributed by atoms with Gasteiger partial charge in [-0.05, 0) is 43.3 Å². The van der Waals surface area contributed by atoms with Gasteiger partial charge in [0.05, 0.1) is 7.11 Å². The number of hydrogen-bond acceptors (Lipinski definition) is 5. The Hall–Kier alpha value is -3.39. The van der Waals surface area contributed by atoms with E-state index in [1.54, 1.807) is 43.5 Å². The van der Waals surface area contributed by atoms with Crippen LogP contribution in [0.1, 0.15) is 15.9 Å². The Morgan fingerprint density at radius 2 is 1.55 bits per heavy atom. The van der Waals surface area contributed by atoms with E-state index in [2.05, 4.69) is 15.5 Å². The molecule has 0 saturated carbocycles. The zero-order valence-corrected chi connectivity index (χ0v) is 17.9. The molecule has 1 fully saturated rings. The van der Waals surface area contributed by atoms with Gasteiger partial charge < -0.3 is 20.3 Å². The van der Waals surface area contributed by atoms with Gasteiger partial charge in [-0.15, -0.1) is 0 Å². The Labute approximate surface area is 182 Å². The van der Waals surface area contributed by atoms with Crippen LogP contribution in [0.3, 0.4) is 0 Å². The summed E-state index contributed by atoms with van der Waals surface area (Å²) in [5.74, 6) is -0.619. The molecule has 1 aliphatic heterocycles. The molecular weight excluding hydrogens is 396 g/mol. The number of nitrogens with zero attached hydrogens (tertiary/aromatic N) is 2. The Morgan fingerprint density at radius 1 is 0.903 bits per heavy atom. The second-order valence-corrected chi connectivity index (χ2v) is 7.44. The molecule has 1 heterocycles. The maximum absolute atomic E-state index is 12.6. The number of carbonyl (C=O) groups is 3. The lowest BCUT2D eigenvalue weighted by atomic mass is 10.1. The fourth-order valence-electron chi connectivity index (χ4n) is 3.32. The van der Waals surface area contributed by atoms with Crippen molar-refractivity contribution in [2.75, 3.05) is 51.7 Å². The second-order valence-electron chi connectivity index (χ2n) is 7.44. The molecule has 3 amide bonds. The molecular formula is C23H28N4O4. The predicted octanol–water partition coefficient (Wildman–Crippen LogP) is 1.52. The third-order valence-corrected chi connectivity index (χ3v) is 5.23. The summed E-state index contributed by atoms with van der Waals surface area (Å²) in [6, 6.07) is 14.3. The Balaban J connectivity index is 1.36. The van der Waals surface area contributed by atoms with E-state index in [1.165, 1.54) is 0 Å². The topological polar surface area (TPSA) is 91.0 Å². The molecule has 0 aromatic heterocycles. The van der Waals surface area contributed by atoms with Gasteiger partial charge in [-0.2, -0.15) is 0 Å². The van der Waals surface area contributed by atoms with E-state index in [1.807, 2.05) is 24.0 Å². The molecule has 0 bridgehead atoms. The lowest BCUT2D eigenvalue weighted by Gasteiger charge is -2.34. The number of benzene rings is 2. The van der Waals surface area contributed by atoms with Crippen LogP contribution in [-0.4, -0.2) is 73.9 Å². The van der Waals surface area contributed by atoms with Crippen LogP contribution in [-0.2, 0) is 9.59 Å². The van der Waals surface area contributed by atoms with Gasteiger partial charge in [-0.1, -0.05) is 17.7 Å². The zero-order valence-electron chi connectivity index (χ0n) is 17.9. The van der Waals surface area contributed by atoms with Crippen molar-refractivity contribution < 1.29 is 19.1 Å².